The predicted octanol–water partition coefficient (Wildman–Crippen LogP) is 1.52. The zero-order chi connectivity index (χ0) is 12.9. The third kappa shape index (κ3) is 13.0. The van der Waals surface area contributed by atoms with Gasteiger partial charge in [-0.2, -0.15) is 12.1 Å². The van der Waals surface area contributed by atoms with E-state index in [2.05, 4.69) is 20.0 Å². The van der Waals surface area contributed by atoms with E-state index in [1.165, 1.54) is 0 Å². The van der Waals surface area contributed by atoms with E-state index in [0.717, 1.165) is 5.56 Å². The predicted molar refractivity (Wildman–Crippen MR) is 49.1 cm³/mol. The van der Waals surface area contributed by atoms with Crippen molar-refractivity contribution in [3.8, 4) is 0 Å². The first-order valence-corrected chi connectivity index (χ1v) is 3.66. The van der Waals surface area contributed by atoms with Gasteiger partial charge in [-0.15, -0.1) is 5.56 Å². The van der Waals surface area contributed by atoms with Crippen LogP contribution in [0.1, 0.15) is 19.4 Å². The molecule has 0 unspecified atom stereocenters. The van der Waals surface area contributed by atoms with Crippen molar-refractivity contribution in [1.82, 2.24) is 0 Å². The van der Waals surface area contributed by atoms with Gasteiger partial charge in [0.05, 0.1) is 5.60 Å². The fourth-order valence-electron chi connectivity index (χ4n) is 0.782. The van der Waals surface area contributed by atoms with Crippen molar-refractivity contribution in [3.05, 3.63) is 49.8 Å². The van der Waals surface area contributed by atoms with Gasteiger partial charge in [-0.1, -0.05) is 0 Å². The van der Waals surface area contributed by atoms with Crippen molar-refractivity contribution in [3.63, 3.8) is 0 Å². The van der Waals surface area contributed by atoms with Crippen molar-refractivity contribution in [2.45, 2.75) is 19.4 Å². The first kappa shape index (κ1) is 24.3. The topological polar surface area (TPSA) is 79.9 Å². The Kier molecular flexibility index (Phi) is 25.1. The number of hydrogen-bond donors (Lipinski definition) is 1. The van der Waals surface area contributed by atoms with Crippen LogP contribution in [0.15, 0.2) is 24.3 Å². The quantitative estimate of drug-likeness (QED) is 0.464. The van der Waals surface area contributed by atoms with Gasteiger partial charge in [0.25, 0.3) is 0 Å². The average Bonchev–Trinajstić information content (AvgIpc) is 2.79. The number of hydrogen-bond acceptors (Lipinski definition) is 1. The molecule has 16 heavy (non-hydrogen) atoms. The standard InChI is InChI=1S/C8H11O.3CO.Mn/c1-8(2,9)7-5-3-4-6-7;3*1-2;/h3-6,9H,1-2H3;;;;/q-1;;;;. The fraction of sp³-hybridized carbons (Fsp3) is 0.273. The normalized spacial score (nSPS) is 7.06. The maximum atomic E-state index is 9.38. The van der Waals surface area contributed by atoms with Crippen molar-refractivity contribution in [2.24, 2.45) is 0 Å². The first-order valence-electron chi connectivity index (χ1n) is 3.66. The van der Waals surface area contributed by atoms with Crippen LogP contribution in [0.5, 0.6) is 0 Å². The second-order valence-corrected chi connectivity index (χ2v) is 2.73. The smallest absolute Gasteiger partial charge is 0 e. The van der Waals surface area contributed by atoms with Gasteiger partial charge in [-0.25, -0.2) is 12.1 Å². The molecule has 5 heteroatoms. The van der Waals surface area contributed by atoms with E-state index >= 15 is 0 Å². The van der Waals surface area contributed by atoms with E-state index in [1.54, 1.807) is 13.8 Å². The summed E-state index contributed by atoms with van der Waals surface area (Å²) in [4.78, 5) is 0. The molecule has 1 aromatic carbocycles. The molecule has 1 radical (unpaired) electrons. The van der Waals surface area contributed by atoms with Crippen LogP contribution in [-0.4, -0.2) is 5.11 Å². The minimum atomic E-state index is -0.677. The molecule has 0 atom stereocenters. The minimum Gasteiger partial charge on any atom is 0 e. The molecule has 4 nitrogen and oxygen atoms in total. The second-order valence-electron chi connectivity index (χ2n) is 2.73. The Bertz CT molecular complexity index is 263. The van der Waals surface area contributed by atoms with Crippen LogP contribution >= 0.6 is 0 Å². The SMILES string of the molecule is CC(C)(O)c1ccc[cH-]1.[C-]#[O+].[C-]#[O+].[C-]#[O+].[Mn]. The molecule has 0 amide bonds. The molecule has 0 aliphatic carbocycles. The molecule has 0 heterocycles. The summed E-state index contributed by atoms with van der Waals surface area (Å²) in [5.41, 5.74) is 0.297. The van der Waals surface area contributed by atoms with Crippen LogP contribution in [0.2, 0.25) is 0 Å². The Labute approximate surface area is 106 Å². The summed E-state index contributed by atoms with van der Waals surface area (Å²) in [6, 6.07) is 7.68. The Hall–Kier alpha value is -0.951. The molecule has 0 saturated heterocycles. The van der Waals surface area contributed by atoms with Crippen molar-refractivity contribution in [1.29, 1.82) is 0 Å². The van der Waals surface area contributed by atoms with E-state index < -0.39 is 5.60 Å². The largest absolute Gasteiger partial charge is 0 e. The molecule has 0 spiro atoms. The second kappa shape index (κ2) is 16.5. The number of aliphatic hydroxyl groups is 1. The Morgan fingerprint density at radius 1 is 1.12 bits per heavy atom. The molecule has 0 aliphatic rings. The monoisotopic (exact) mass is 262 g/mol. The van der Waals surface area contributed by atoms with Gasteiger partial charge < -0.3 is 5.11 Å². The van der Waals surface area contributed by atoms with E-state index in [1.807, 2.05) is 24.3 Å². The van der Waals surface area contributed by atoms with Crippen LogP contribution in [0.3, 0.4) is 0 Å². The van der Waals surface area contributed by atoms with Gasteiger partial charge in [0.15, 0.2) is 0 Å². The summed E-state index contributed by atoms with van der Waals surface area (Å²) in [5.74, 6) is 0. The van der Waals surface area contributed by atoms with Crippen LogP contribution in [0.4, 0.5) is 0 Å². The summed E-state index contributed by atoms with van der Waals surface area (Å²) in [6.45, 7) is 17.1. The summed E-state index contributed by atoms with van der Waals surface area (Å²) >= 11 is 0. The molecule has 0 saturated carbocycles. The van der Waals surface area contributed by atoms with Gasteiger partial charge in [0, 0.05) is 17.1 Å². The van der Waals surface area contributed by atoms with E-state index in [0.29, 0.717) is 0 Å². The zero-order valence-corrected chi connectivity index (χ0v) is 10.0. The van der Waals surface area contributed by atoms with Gasteiger partial charge in [-0.05, 0) is 13.8 Å². The van der Waals surface area contributed by atoms with E-state index in [9.17, 15) is 5.11 Å². The summed E-state index contributed by atoms with van der Waals surface area (Å²) in [5, 5.41) is 9.38. The van der Waals surface area contributed by atoms with Crippen LogP contribution < -0.4 is 0 Å². The van der Waals surface area contributed by atoms with Gasteiger partial charge >= 0.3 is 33.9 Å². The molecule has 1 aromatic rings. The summed E-state index contributed by atoms with van der Waals surface area (Å²) in [7, 11) is 0. The molecule has 1 rings (SSSR count). The molecule has 0 aromatic heterocycles. The van der Waals surface area contributed by atoms with E-state index in [4.69, 9.17) is 14.0 Å². The fourth-order valence-corrected chi connectivity index (χ4v) is 0.782. The van der Waals surface area contributed by atoms with Gasteiger partial charge in [0.1, 0.15) is 0 Å². The molecular weight excluding hydrogens is 251 g/mol. The average molecular weight is 262 g/mol. The third-order valence-electron chi connectivity index (χ3n) is 1.37. The third-order valence-corrected chi connectivity index (χ3v) is 1.37. The molecule has 1 N–H and O–H groups in total. The summed E-state index contributed by atoms with van der Waals surface area (Å²) < 4.78 is 22.5. The van der Waals surface area contributed by atoms with Crippen LogP contribution in [0.25, 0.3) is 0 Å². The van der Waals surface area contributed by atoms with Crippen molar-refractivity contribution >= 4 is 0 Å². The van der Waals surface area contributed by atoms with Crippen molar-refractivity contribution < 1.29 is 36.1 Å². The number of rotatable bonds is 1. The Morgan fingerprint density at radius 2 is 1.50 bits per heavy atom. The Morgan fingerprint density at radius 3 is 1.62 bits per heavy atom. The maximum Gasteiger partial charge on any atom is 0 e. The van der Waals surface area contributed by atoms with Gasteiger partial charge in [0.2, 0.25) is 0 Å². The molecule has 0 bridgehead atoms. The zero-order valence-electron chi connectivity index (χ0n) is 8.86. The van der Waals surface area contributed by atoms with Crippen LogP contribution in [-0.2, 0) is 36.6 Å². The van der Waals surface area contributed by atoms with E-state index in [-0.39, 0.29) is 17.1 Å². The summed E-state index contributed by atoms with van der Waals surface area (Å²) in [6.07, 6.45) is 0. The van der Waals surface area contributed by atoms with Crippen LogP contribution in [0, 0.1) is 20.0 Å². The van der Waals surface area contributed by atoms with Crippen molar-refractivity contribution in [2.75, 3.05) is 0 Å². The minimum absolute atomic E-state index is 0. The maximum absolute atomic E-state index is 9.38. The molecule has 87 valence electrons. The molecule has 0 fully saturated rings. The Balaban J connectivity index is -0.0000000900. The van der Waals surface area contributed by atoms with Gasteiger partial charge in [-0.3, -0.25) is 0 Å². The first-order chi connectivity index (χ1) is 7.11. The molecule has 0 aliphatic heterocycles. The molecular formula is C11H11MnO4-.